The summed E-state index contributed by atoms with van der Waals surface area (Å²) in [6, 6.07) is 14.7. The molecule has 0 radical (unpaired) electrons. The molecule has 0 amide bonds. The van der Waals surface area contributed by atoms with Crippen molar-refractivity contribution in [3.05, 3.63) is 83.2 Å². The zero-order valence-corrected chi connectivity index (χ0v) is 16.3. The number of fused-ring (bicyclic) bond motifs is 1. The number of alkyl halides is 6. The first-order valence-electron chi connectivity index (χ1n) is 9.38. The molecule has 0 unspecified atom stereocenters. The van der Waals surface area contributed by atoms with E-state index in [9.17, 15) is 26.3 Å². The van der Waals surface area contributed by atoms with Gasteiger partial charge in [0.2, 0.25) is 0 Å². The summed E-state index contributed by atoms with van der Waals surface area (Å²) < 4.78 is 79.5. The Morgan fingerprint density at radius 3 is 2.28 bits per heavy atom. The first-order chi connectivity index (χ1) is 15.1. The summed E-state index contributed by atoms with van der Waals surface area (Å²) in [5.41, 5.74) is 2.46. The molecule has 0 aliphatic carbocycles. The average molecular weight is 451 g/mol. The molecule has 0 spiro atoms. The molecule has 4 nitrogen and oxygen atoms in total. The van der Waals surface area contributed by atoms with Gasteiger partial charge in [-0.1, -0.05) is 30.3 Å². The van der Waals surface area contributed by atoms with Crippen LogP contribution >= 0.6 is 0 Å². The third-order valence-electron chi connectivity index (χ3n) is 4.72. The normalized spacial score (nSPS) is 13.8. The van der Waals surface area contributed by atoms with Gasteiger partial charge in [0, 0.05) is 0 Å². The fourth-order valence-corrected chi connectivity index (χ4v) is 3.29. The monoisotopic (exact) mass is 451 g/mol. The van der Waals surface area contributed by atoms with Gasteiger partial charge in [0.25, 0.3) is 0 Å². The molecule has 1 aromatic heterocycles. The smallest absolute Gasteiger partial charge is 0.406 e. The van der Waals surface area contributed by atoms with Crippen LogP contribution in [0.1, 0.15) is 22.5 Å². The number of hydrogen-bond donors (Lipinski definition) is 0. The van der Waals surface area contributed by atoms with Gasteiger partial charge in [-0.2, -0.15) is 18.3 Å². The van der Waals surface area contributed by atoms with Crippen LogP contribution in [0, 0.1) is 0 Å². The van der Waals surface area contributed by atoms with Crippen LogP contribution in [0.2, 0.25) is 0 Å². The van der Waals surface area contributed by atoms with Crippen molar-refractivity contribution in [2.75, 3.05) is 0 Å². The Kier molecular flexibility index (Phi) is 5.53. The highest BCUT2D eigenvalue weighted by molar-refractivity contribution is 5.84. The molecule has 2 aromatic carbocycles. The summed E-state index contributed by atoms with van der Waals surface area (Å²) in [4.78, 5) is 3.66. The number of halogens is 6. The van der Waals surface area contributed by atoms with E-state index < -0.39 is 18.2 Å². The minimum atomic E-state index is -4.76. The first kappa shape index (κ1) is 21.7. The van der Waals surface area contributed by atoms with Crippen LogP contribution in [0.3, 0.4) is 0 Å². The van der Waals surface area contributed by atoms with E-state index in [0.29, 0.717) is 12.1 Å². The van der Waals surface area contributed by atoms with Gasteiger partial charge in [-0.3, -0.25) is 5.01 Å². The lowest BCUT2D eigenvalue weighted by Gasteiger charge is -2.24. The lowest BCUT2D eigenvalue weighted by atomic mass is 9.98. The highest BCUT2D eigenvalue weighted by atomic mass is 19.4. The topological polar surface area (TPSA) is 37.7 Å². The van der Waals surface area contributed by atoms with Crippen molar-refractivity contribution in [1.82, 2.24) is 9.99 Å². The number of aromatic nitrogens is 1. The molecule has 3 aromatic rings. The van der Waals surface area contributed by atoms with Gasteiger partial charge in [0.1, 0.15) is 11.4 Å². The minimum Gasteiger partial charge on any atom is -0.406 e. The number of nitrogens with zero attached hydrogens (tertiary/aromatic N) is 3. The molecule has 0 saturated heterocycles. The van der Waals surface area contributed by atoms with Gasteiger partial charge in [-0.05, 0) is 52.6 Å². The van der Waals surface area contributed by atoms with Gasteiger partial charge in [-0.25, -0.2) is 4.98 Å². The number of ether oxygens (including phenoxy) is 1. The van der Waals surface area contributed by atoms with E-state index in [1.165, 1.54) is 36.4 Å². The Bertz CT molecular complexity index is 1140. The quantitative estimate of drug-likeness (QED) is 0.456. The Morgan fingerprint density at radius 1 is 0.875 bits per heavy atom. The van der Waals surface area contributed by atoms with Crippen molar-refractivity contribution in [3.63, 3.8) is 0 Å². The largest absolute Gasteiger partial charge is 0.573 e. The second-order valence-electron chi connectivity index (χ2n) is 7.06. The van der Waals surface area contributed by atoms with E-state index in [1.807, 2.05) is 18.2 Å². The predicted octanol–water partition coefficient (Wildman–Crippen LogP) is 6.02. The molecular formula is C22H15F6N3O. The van der Waals surface area contributed by atoms with Gasteiger partial charge < -0.3 is 4.74 Å². The molecule has 1 aliphatic heterocycles. The van der Waals surface area contributed by atoms with Gasteiger partial charge in [0.05, 0.1) is 25.0 Å². The number of benzene rings is 2. The summed E-state index contributed by atoms with van der Waals surface area (Å²) >= 11 is 0. The number of rotatable bonds is 4. The SMILES string of the molecule is FC(F)(F)Oc1ccc(-c2ccc3c(c2)CN(Cc2cccc(C(F)(F)F)n2)N=C3)cc1. The Labute approximate surface area is 178 Å². The van der Waals surface area contributed by atoms with Crippen LogP contribution in [-0.4, -0.2) is 22.6 Å². The third-order valence-corrected chi connectivity index (χ3v) is 4.72. The molecule has 0 N–H and O–H groups in total. The van der Waals surface area contributed by atoms with Crippen LogP contribution in [0.15, 0.2) is 65.8 Å². The van der Waals surface area contributed by atoms with Crippen LogP contribution < -0.4 is 4.74 Å². The maximum absolute atomic E-state index is 12.9. The molecule has 166 valence electrons. The van der Waals surface area contributed by atoms with Crippen LogP contribution in [0.4, 0.5) is 26.3 Å². The standard InChI is InChI=1S/C22H15F6N3O/c23-21(24,25)20-3-1-2-18(30-20)13-31-12-17-10-15(4-5-16(17)11-29-31)14-6-8-19(9-7-14)32-22(26,27)28/h1-11H,12-13H2. The predicted molar refractivity (Wildman–Crippen MR) is 105 cm³/mol. The second-order valence-corrected chi connectivity index (χ2v) is 7.06. The molecule has 1 aliphatic rings. The van der Waals surface area contributed by atoms with E-state index in [2.05, 4.69) is 14.8 Å². The fourth-order valence-electron chi connectivity index (χ4n) is 3.29. The maximum Gasteiger partial charge on any atom is 0.573 e. The summed E-state index contributed by atoms with van der Waals surface area (Å²) in [6.45, 7) is 0.431. The van der Waals surface area contributed by atoms with Crippen molar-refractivity contribution < 1.29 is 31.1 Å². The Hall–Kier alpha value is -3.56. The number of hydrazone groups is 1. The molecule has 10 heteroatoms. The average Bonchev–Trinajstić information content (AvgIpc) is 2.72. The van der Waals surface area contributed by atoms with Crippen molar-refractivity contribution >= 4 is 6.21 Å². The molecule has 0 fully saturated rings. The van der Waals surface area contributed by atoms with Crippen LogP contribution in [-0.2, 0) is 19.3 Å². The molecule has 0 bridgehead atoms. The van der Waals surface area contributed by atoms with E-state index >= 15 is 0 Å². The summed E-state index contributed by atoms with van der Waals surface area (Å²) in [6.07, 6.45) is -7.68. The molecule has 2 heterocycles. The van der Waals surface area contributed by atoms with Crippen molar-refractivity contribution in [2.24, 2.45) is 5.10 Å². The fraction of sp³-hybridized carbons (Fsp3) is 0.182. The minimum absolute atomic E-state index is 0.0908. The van der Waals surface area contributed by atoms with Crippen molar-refractivity contribution in [3.8, 4) is 16.9 Å². The number of pyridine rings is 1. The van der Waals surface area contributed by atoms with E-state index in [1.54, 1.807) is 11.2 Å². The molecule has 0 atom stereocenters. The summed E-state index contributed by atoms with van der Waals surface area (Å²) in [5, 5.41) is 5.86. The zero-order chi connectivity index (χ0) is 22.9. The molecule has 4 rings (SSSR count). The van der Waals surface area contributed by atoms with Crippen molar-refractivity contribution in [2.45, 2.75) is 25.6 Å². The third kappa shape index (κ3) is 5.19. The first-order valence-corrected chi connectivity index (χ1v) is 9.38. The lowest BCUT2D eigenvalue weighted by Crippen LogP contribution is -2.22. The molecule has 32 heavy (non-hydrogen) atoms. The lowest BCUT2D eigenvalue weighted by molar-refractivity contribution is -0.274. The summed E-state index contributed by atoms with van der Waals surface area (Å²) in [5.74, 6) is -0.314. The summed E-state index contributed by atoms with van der Waals surface area (Å²) in [7, 11) is 0. The van der Waals surface area contributed by atoms with Gasteiger partial charge in [0.15, 0.2) is 0 Å². The Morgan fingerprint density at radius 2 is 1.59 bits per heavy atom. The van der Waals surface area contributed by atoms with E-state index in [0.717, 1.165) is 22.8 Å². The second kappa shape index (κ2) is 8.18. The van der Waals surface area contributed by atoms with Gasteiger partial charge in [-0.15, -0.1) is 13.2 Å². The highest BCUT2D eigenvalue weighted by Crippen LogP contribution is 2.30. The highest BCUT2D eigenvalue weighted by Gasteiger charge is 2.32. The molecule has 0 saturated carbocycles. The van der Waals surface area contributed by atoms with E-state index in [4.69, 9.17) is 0 Å². The Balaban J connectivity index is 1.50. The van der Waals surface area contributed by atoms with E-state index in [-0.39, 0.29) is 18.0 Å². The van der Waals surface area contributed by atoms with Crippen LogP contribution in [0.25, 0.3) is 11.1 Å². The zero-order valence-electron chi connectivity index (χ0n) is 16.3. The van der Waals surface area contributed by atoms with Gasteiger partial charge >= 0.3 is 12.5 Å². The van der Waals surface area contributed by atoms with Crippen molar-refractivity contribution in [1.29, 1.82) is 0 Å². The molecular weight excluding hydrogens is 436 g/mol. The number of hydrogen-bond acceptors (Lipinski definition) is 4. The maximum atomic E-state index is 12.9. The van der Waals surface area contributed by atoms with Crippen LogP contribution in [0.5, 0.6) is 5.75 Å².